The summed E-state index contributed by atoms with van der Waals surface area (Å²) in [5, 5.41) is 19.8. The van der Waals surface area contributed by atoms with E-state index in [4.69, 9.17) is 11.6 Å². The number of benzene rings is 1. The van der Waals surface area contributed by atoms with Gasteiger partial charge in [-0.25, -0.2) is 0 Å². The highest BCUT2D eigenvalue weighted by atomic mass is 35.5. The third kappa shape index (κ3) is 7.56. The van der Waals surface area contributed by atoms with E-state index in [9.17, 15) is 5.11 Å². The molecule has 8 heteroatoms. The second-order valence-corrected chi connectivity index (χ2v) is 7.26. The van der Waals surface area contributed by atoms with E-state index in [0.717, 1.165) is 24.9 Å². The van der Waals surface area contributed by atoms with Gasteiger partial charge in [-0.2, -0.15) is 15.0 Å². The van der Waals surface area contributed by atoms with Gasteiger partial charge >= 0.3 is 0 Å². The summed E-state index contributed by atoms with van der Waals surface area (Å²) in [6, 6.07) is 7.52. The maximum absolute atomic E-state index is 9.43. The number of aliphatic hydroxyl groups excluding tert-OH is 1. The molecule has 0 aliphatic heterocycles. The predicted octanol–water partition coefficient (Wildman–Crippen LogP) is 3.78. The van der Waals surface area contributed by atoms with E-state index in [-0.39, 0.29) is 12.6 Å². The van der Waals surface area contributed by atoms with Gasteiger partial charge in [0.25, 0.3) is 0 Å². The number of aliphatic hydroxyl groups is 1. The summed E-state index contributed by atoms with van der Waals surface area (Å²) in [5.74, 6) is 2.02. The quantitative estimate of drug-likeness (QED) is 0.462. The zero-order valence-corrected chi connectivity index (χ0v) is 16.9. The number of nitrogens with zero attached hydrogens (tertiary/aromatic N) is 3. The summed E-state index contributed by atoms with van der Waals surface area (Å²) >= 11 is 5.93. The van der Waals surface area contributed by atoms with Crippen molar-refractivity contribution < 1.29 is 5.11 Å². The molecule has 1 aromatic heterocycles. The van der Waals surface area contributed by atoms with Crippen molar-refractivity contribution in [3.63, 3.8) is 0 Å². The average Bonchev–Trinajstić information content (AvgIpc) is 2.65. The lowest BCUT2D eigenvalue weighted by atomic mass is 10.1. The van der Waals surface area contributed by atoms with Crippen molar-refractivity contribution in [2.45, 2.75) is 46.2 Å². The van der Waals surface area contributed by atoms with Gasteiger partial charge in [-0.05, 0) is 36.5 Å². The first-order chi connectivity index (χ1) is 13.0. The molecule has 0 spiro atoms. The summed E-state index contributed by atoms with van der Waals surface area (Å²) in [6.07, 6.45) is 1.79. The Morgan fingerprint density at radius 2 is 1.63 bits per heavy atom. The molecule has 0 aliphatic carbocycles. The molecular weight excluding hydrogens is 364 g/mol. The molecule has 0 aliphatic rings. The molecule has 1 aromatic carbocycles. The molecule has 148 valence electrons. The molecule has 0 fully saturated rings. The van der Waals surface area contributed by atoms with Crippen LogP contribution in [0.5, 0.6) is 0 Å². The Kier molecular flexibility index (Phi) is 8.54. The van der Waals surface area contributed by atoms with Crippen LogP contribution in [0.15, 0.2) is 24.3 Å². The molecule has 0 amide bonds. The van der Waals surface area contributed by atoms with Crippen LogP contribution in [-0.2, 0) is 6.54 Å². The van der Waals surface area contributed by atoms with Crippen LogP contribution in [0.3, 0.4) is 0 Å². The first-order valence-corrected chi connectivity index (χ1v) is 9.73. The molecule has 7 nitrogen and oxygen atoms in total. The summed E-state index contributed by atoms with van der Waals surface area (Å²) < 4.78 is 0. The lowest BCUT2D eigenvalue weighted by molar-refractivity contribution is 0.271. The SMILES string of the molecule is CC[C@H](CO)Nc1nc(NCCC(C)C)nc(NCc2ccc(Cl)cc2)n1. The standard InChI is InChI=1S/C19H29ClN6O/c1-4-16(12-27)23-19-25-17(21-10-9-13(2)3)24-18(26-19)22-11-14-5-7-15(20)8-6-14/h5-8,13,16,27H,4,9-12H2,1-3H3,(H3,21,22,23,24,25,26)/t16-/m1/s1. The molecular formula is C19H29ClN6O. The van der Waals surface area contributed by atoms with Crippen LogP contribution >= 0.6 is 11.6 Å². The van der Waals surface area contributed by atoms with Gasteiger partial charge in [-0.15, -0.1) is 0 Å². The molecule has 0 bridgehead atoms. The fraction of sp³-hybridized carbons (Fsp3) is 0.526. The Balaban J connectivity index is 2.10. The van der Waals surface area contributed by atoms with Crippen LogP contribution in [-0.4, -0.2) is 39.3 Å². The van der Waals surface area contributed by atoms with Crippen LogP contribution in [0.25, 0.3) is 0 Å². The summed E-state index contributed by atoms with van der Waals surface area (Å²) in [7, 11) is 0. The Bertz CT molecular complexity index is 691. The van der Waals surface area contributed by atoms with Crippen molar-refractivity contribution in [1.82, 2.24) is 15.0 Å². The third-order valence-electron chi connectivity index (χ3n) is 4.05. The summed E-state index contributed by atoms with van der Waals surface area (Å²) in [6.45, 7) is 7.73. The minimum absolute atomic E-state index is 0.0197. The van der Waals surface area contributed by atoms with Crippen molar-refractivity contribution in [2.75, 3.05) is 29.1 Å². The van der Waals surface area contributed by atoms with Gasteiger partial charge in [-0.3, -0.25) is 0 Å². The van der Waals surface area contributed by atoms with E-state index in [0.29, 0.717) is 35.3 Å². The number of hydrogen-bond acceptors (Lipinski definition) is 7. The van der Waals surface area contributed by atoms with Crippen molar-refractivity contribution in [2.24, 2.45) is 5.92 Å². The number of rotatable bonds is 11. The van der Waals surface area contributed by atoms with E-state index in [2.05, 4.69) is 44.7 Å². The average molecular weight is 393 g/mol. The maximum Gasteiger partial charge on any atom is 0.229 e. The van der Waals surface area contributed by atoms with Crippen molar-refractivity contribution in [3.8, 4) is 0 Å². The number of halogens is 1. The molecule has 2 rings (SSSR count). The van der Waals surface area contributed by atoms with Gasteiger partial charge < -0.3 is 21.1 Å². The topological polar surface area (TPSA) is 95.0 Å². The van der Waals surface area contributed by atoms with Crippen molar-refractivity contribution >= 4 is 29.4 Å². The zero-order chi connectivity index (χ0) is 19.6. The van der Waals surface area contributed by atoms with Gasteiger partial charge in [0.2, 0.25) is 17.8 Å². The first kappa shape index (κ1) is 21.2. The maximum atomic E-state index is 9.43. The van der Waals surface area contributed by atoms with E-state index in [1.807, 2.05) is 31.2 Å². The van der Waals surface area contributed by atoms with Crippen LogP contribution in [0.4, 0.5) is 17.8 Å². The van der Waals surface area contributed by atoms with Crippen molar-refractivity contribution in [1.29, 1.82) is 0 Å². The minimum Gasteiger partial charge on any atom is -0.394 e. The van der Waals surface area contributed by atoms with Crippen LogP contribution in [0.1, 0.15) is 39.2 Å². The molecule has 0 unspecified atom stereocenters. The minimum atomic E-state index is -0.0972. The molecule has 0 saturated carbocycles. The number of nitrogens with one attached hydrogen (secondary N) is 3. The fourth-order valence-corrected chi connectivity index (χ4v) is 2.44. The number of aromatic nitrogens is 3. The molecule has 27 heavy (non-hydrogen) atoms. The van der Waals surface area contributed by atoms with E-state index in [1.54, 1.807) is 0 Å². The third-order valence-corrected chi connectivity index (χ3v) is 4.30. The monoisotopic (exact) mass is 392 g/mol. The first-order valence-electron chi connectivity index (χ1n) is 9.35. The van der Waals surface area contributed by atoms with E-state index >= 15 is 0 Å². The molecule has 1 heterocycles. The second kappa shape index (κ2) is 10.9. The second-order valence-electron chi connectivity index (χ2n) is 6.83. The van der Waals surface area contributed by atoms with E-state index in [1.165, 1.54) is 0 Å². The van der Waals surface area contributed by atoms with Crippen molar-refractivity contribution in [3.05, 3.63) is 34.9 Å². The molecule has 2 aromatic rings. The fourth-order valence-electron chi connectivity index (χ4n) is 2.31. The predicted molar refractivity (Wildman–Crippen MR) is 111 cm³/mol. The highest BCUT2D eigenvalue weighted by molar-refractivity contribution is 6.30. The highest BCUT2D eigenvalue weighted by Gasteiger charge is 2.11. The molecule has 0 saturated heterocycles. The smallest absolute Gasteiger partial charge is 0.229 e. The Morgan fingerprint density at radius 3 is 2.22 bits per heavy atom. The van der Waals surface area contributed by atoms with Crippen LogP contribution in [0.2, 0.25) is 5.02 Å². The zero-order valence-electron chi connectivity index (χ0n) is 16.2. The Labute approximate surface area is 166 Å². The van der Waals surface area contributed by atoms with Crippen LogP contribution in [0, 0.1) is 5.92 Å². The normalized spacial score (nSPS) is 12.1. The Hall–Kier alpha value is -2.12. The van der Waals surface area contributed by atoms with Gasteiger partial charge in [0.1, 0.15) is 0 Å². The number of hydrogen-bond donors (Lipinski definition) is 4. The van der Waals surface area contributed by atoms with Gasteiger partial charge in [0, 0.05) is 18.1 Å². The lowest BCUT2D eigenvalue weighted by Gasteiger charge is -2.16. The summed E-state index contributed by atoms with van der Waals surface area (Å²) in [4.78, 5) is 13.3. The van der Waals surface area contributed by atoms with Crippen LogP contribution < -0.4 is 16.0 Å². The summed E-state index contributed by atoms with van der Waals surface area (Å²) in [5.41, 5.74) is 1.07. The number of anilines is 3. The largest absolute Gasteiger partial charge is 0.394 e. The van der Waals surface area contributed by atoms with Gasteiger partial charge in [0.15, 0.2) is 0 Å². The van der Waals surface area contributed by atoms with E-state index < -0.39 is 0 Å². The van der Waals surface area contributed by atoms with Gasteiger partial charge in [0.05, 0.1) is 12.6 Å². The van der Waals surface area contributed by atoms with Gasteiger partial charge in [-0.1, -0.05) is 44.5 Å². The highest BCUT2D eigenvalue weighted by Crippen LogP contribution is 2.14. The Morgan fingerprint density at radius 1 is 1.00 bits per heavy atom. The lowest BCUT2D eigenvalue weighted by Crippen LogP contribution is -2.25. The molecule has 1 atom stereocenters. The molecule has 0 radical (unpaired) electrons. The molecule has 4 N–H and O–H groups in total.